The molecule has 0 atom stereocenters. The normalized spacial score (nSPS) is 14.1. The Labute approximate surface area is 153 Å². The van der Waals surface area contributed by atoms with Crippen LogP contribution in [0.5, 0.6) is 0 Å². The maximum atomic E-state index is 11.3. The van der Waals surface area contributed by atoms with E-state index in [4.69, 9.17) is 4.74 Å². The fraction of sp³-hybridized carbons (Fsp3) is 0.412. The van der Waals surface area contributed by atoms with Crippen LogP contribution < -0.4 is 0 Å². The van der Waals surface area contributed by atoms with Gasteiger partial charge in [-0.25, -0.2) is 4.79 Å². The van der Waals surface area contributed by atoms with Crippen LogP contribution in [0.25, 0.3) is 0 Å². The first-order valence-electron chi connectivity index (χ1n) is 7.64. The molecule has 1 N–H and O–H groups in total. The van der Waals surface area contributed by atoms with E-state index in [2.05, 4.69) is 35.2 Å². The fourth-order valence-electron chi connectivity index (χ4n) is 3.00. The summed E-state index contributed by atoms with van der Waals surface area (Å²) in [5, 5.41) is 13.6. The summed E-state index contributed by atoms with van der Waals surface area (Å²) in [6.07, 6.45) is 2.65. The fourth-order valence-corrected chi connectivity index (χ4v) is 3.00. The molecule has 1 aliphatic rings. The molecule has 2 heterocycles. The van der Waals surface area contributed by atoms with Crippen LogP contribution in [0.4, 0.5) is 0 Å². The smallest absolute Gasteiger partial charge is 0.339 e. The number of aromatic carboxylic acids is 1. The summed E-state index contributed by atoms with van der Waals surface area (Å²) in [7, 11) is 3.66. The minimum Gasteiger partial charge on any atom is -0.478 e. The molecule has 3 rings (SSSR count). The van der Waals surface area contributed by atoms with Crippen LogP contribution in [0.3, 0.4) is 0 Å². The molecular weight excluding hydrogens is 301 g/mol. The number of carboxylic acid groups (broad SMARTS) is 1. The van der Waals surface area contributed by atoms with E-state index in [-0.39, 0.29) is 31.0 Å². The predicted molar refractivity (Wildman–Crippen MR) is 91.2 cm³/mol. The van der Waals surface area contributed by atoms with Crippen LogP contribution in [0.15, 0.2) is 24.4 Å². The van der Waals surface area contributed by atoms with Crippen molar-refractivity contribution >= 4 is 24.8 Å². The molecule has 1 aliphatic heterocycles. The third-order valence-corrected chi connectivity index (χ3v) is 4.17. The van der Waals surface area contributed by atoms with Crippen LogP contribution in [-0.4, -0.2) is 65.3 Å². The molecule has 1 aromatic carbocycles. The zero-order valence-electron chi connectivity index (χ0n) is 14.5. The van der Waals surface area contributed by atoms with E-state index in [1.54, 1.807) is 10.9 Å². The number of carboxylic acids is 1. The van der Waals surface area contributed by atoms with E-state index in [9.17, 15) is 9.90 Å². The molecule has 24 heavy (non-hydrogen) atoms. The number of hydrogen-bond donors (Lipinski definition) is 1. The first-order valence-corrected chi connectivity index (χ1v) is 7.64. The van der Waals surface area contributed by atoms with Gasteiger partial charge >= 0.3 is 5.97 Å². The molecule has 1 radical (unpaired) electrons. The first kappa shape index (κ1) is 18.8. The Morgan fingerprint density at radius 2 is 2.17 bits per heavy atom. The zero-order chi connectivity index (χ0) is 16.4. The number of likely N-dealkylation sites (N-methyl/N-ethyl adjacent to an activating group) is 1. The molecule has 2 aromatic rings. The molecule has 6 nitrogen and oxygen atoms in total. The van der Waals surface area contributed by atoms with Gasteiger partial charge in [-0.3, -0.25) is 4.68 Å². The Hall–Kier alpha value is -1.58. The van der Waals surface area contributed by atoms with Gasteiger partial charge in [0, 0.05) is 45.3 Å². The Kier molecular flexibility index (Phi) is 6.25. The first-order chi connectivity index (χ1) is 11.1. The van der Waals surface area contributed by atoms with Gasteiger partial charge in [0.2, 0.25) is 0 Å². The van der Waals surface area contributed by atoms with Gasteiger partial charge in [-0.2, -0.15) is 5.10 Å². The minimum atomic E-state index is -0.977. The van der Waals surface area contributed by atoms with Crippen molar-refractivity contribution < 1.29 is 14.6 Å². The van der Waals surface area contributed by atoms with Gasteiger partial charge in [0.25, 0.3) is 0 Å². The van der Waals surface area contributed by atoms with Crippen LogP contribution in [0.1, 0.15) is 32.7 Å². The molecule has 0 amide bonds. The molecule has 1 aromatic heterocycles. The molecule has 0 saturated carbocycles. The molecule has 123 valence electrons. The van der Waals surface area contributed by atoms with Gasteiger partial charge in [0.1, 0.15) is 11.3 Å². The van der Waals surface area contributed by atoms with Crippen molar-refractivity contribution in [3.05, 3.63) is 52.3 Å². The van der Waals surface area contributed by atoms with Crippen molar-refractivity contribution in [2.75, 3.05) is 20.7 Å². The second-order valence-electron chi connectivity index (χ2n) is 6.02. The van der Waals surface area contributed by atoms with Gasteiger partial charge in [-0.05, 0) is 30.2 Å². The maximum Gasteiger partial charge on any atom is 0.339 e. The molecule has 0 unspecified atom stereocenters. The quantitative estimate of drug-likeness (QED) is 0.843. The van der Waals surface area contributed by atoms with Crippen LogP contribution in [-0.2, 0) is 30.9 Å². The third kappa shape index (κ3) is 4.08. The van der Waals surface area contributed by atoms with Gasteiger partial charge in [-0.1, -0.05) is 18.2 Å². The predicted octanol–water partition coefficient (Wildman–Crippen LogP) is 1.38. The molecule has 0 bridgehead atoms. The van der Waals surface area contributed by atoms with Crippen molar-refractivity contribution in [2.24, 2.45) is 0 Å². The second-order valence-corrected chi connectivity index (χ2v) is 6.02. The number of carbonyl (C=O) groups is 1. The van der Waals surface area contributed by atoms with E-state index < -0.39 is 5.97 Å². The number of ether oxygens (including phenoxy) is 1. The van der Waals surface area contributed by atoms with Crippen molar-refractivity contribution in [3.8, 4) is 0 Å². The van der Waals surface area contributed by atoms with E-state index in [1.165, 1.54) is 18.2 Å². The summed E-state index contributed by atoms with van der Waals surface area (Å²) in [6, 6.07) is 6.47. The summed E-state index contributed by atoms with van der Waals surface area (Å²) in [4.78, 5) is 13.6. The van der Waals surface area contributed by atoms with Gasteiger partial charge in [0.15, 0.2) is 0 Å². The number of fused-ring (bicyclic) bond motifs is 1. The minimum absolute atomic E-state index is 0. The SMILES string of the molecule is COCc1nn(Cc2ccc3c(c2)CN(C)CC3)cc1C(=O)O.[Li]. The summed E-state index contributed by atoms with van der Waals surface area (Å²) < 4.78 is 6.70. The van der Waals surface area contributed by atoms with E-state index in [0.717, 1.165) is 25.1 Å². The van der Waals surface area contributed by atoms with Crippen molar-refractivity contribution in [2.45, 2.75) is 26.1 Å². The van der Waals surface area contributed by atoms with Gasteiger partial charge in [0.05, 0.1) is 13.2 Å². The summed E-state index contributed by atoms with van der Waals surface area (Å²) in [5.41, 5.74) is 4.53. The average Bonchev–Trinajstić information content (AvgIpc) is 2.90. The van der Waals surface area contributed by atoms with Gasteiger partial charge < -0.3 is 14.7 Å². The van der Waals surface area contributed by atoms with Crippen LogP contribution >= 0.6 is 0 Å². The average molecular weight is 322 g/mol. The van der Waals surface area contributed by atoms with Crippen molar-refractivity contribution in [1.29, 1.82) is 0 Å². The molecule has 0 spiro atoms. The van der Waals surface area contributed by atoms with E-state index in [0.29, 0.717) is 12.2 Å². The van der Waals surface area contributed by atoms with E-state index in [1.807, 2.05) is 0 Å². The second kappa shape index (κ2) is 8.00. The number of nitrogens with zero attached hydrogens (tertiary/aromatic N) is 3. The summed E-state index contributed by atoms with van der Waals surface area (Å²) in [6.45, 7) is 2.80. The molecule has 7 heteroatoms. The maximum absolute atomic E-state index is 11.3. The zero-order valence-corrected chi connectivity index (χ0v) is 14.5. The largest absolute Gasteiger partial charge is 0.478 e. The standard InChI is InChI=1S/C17H21N3O3.Li/c1-19-6-5-13-4-3-12(7-14(13)9-19)8-20-10-15(17(21)22)16(18-20)11-23-2;/h3-4,7,10H,5-6,8-9,11H2,1-2H3,(H,21,22);. The molecule has 0 saturated heterocycles. The summed E-state index contributed by atoms with van der Waals surface area (Å²) in [5.74, 6) is -0.977. The molecule has 0 fully saturated rings. The Bertz CT molecular complexity index is 730. The summed E-state index contributed by atoms with van der Waals surface area (Å²) >= 11 is 0. The Balaban J connectivity index is 0.00000208. The Morgan fingerprint density at radius 3 is 2.88 bits per heavy atom. The third-order valence-electron chi connectivity index (χ3n) is 4.17. The van der Waals surface area contributed by atoms with Crippen molar-refractivity contribution in [1.82, 2.24) is 14.7 Å². The number of rotatable bonds is 5. The number of aromatic nitrogens is 2. The monoisotopic (exact) mass is 322 g/mol. The van der Waals surface area contributed by atoms with Crippen LogP contribution in [0.2, 0.25) is 0 Å². The number of benzene rings is 1. The van der Waals surface area contributed by atoms with Crippen molar-refractivity contribution in [3.63, 3.8) is 0 Å². The van der Waals surface area contributed by atoms with Crippen LogP contribution in [0, 0.1) is 0 Å². The van der Waals surface area contributed by atoms with E-state index >= 15 is 0 Å². The number of hydrogen-bond acceptors (Lipinski definition) is 4. The molecule has 0 aliphatic carbocycles. The van der Waals surface area contributed by atoms with Gasteiger partial charge in [-0.15, -0.1) is 0 Å². The topological polar surface area (TPSA) is 67.6 Å². The Morgan fingerprint density at radius 1 is 1.38 bits per heavy atom. The number of methoxy groups -OCH3 is 1. The molecular formula is C17H21LiN3O3.